The van der Waals surface area contributed by atoms with Gasteiger partial charge in [-0.15, -0.1) is 0 Å². The first-order valence-corrected chi connectivity index (χ1v) is 6.52. The second-order valence-electron chi connectivity index (χ2n) is 2.75. The van der Waals surface area contributed by atoms with E-state index in [-0.39, 0.29) is 10.3 Å². The summed E-state index contributed by atoms with van der Waals surface area (Å²) in [5.41, 5.74) is 1.18. The van der Waals surface area contributed by atoms with Crippen molar-refractivity contribution < 1.29 is 4.79 Å². The highest BCUT2D eigenvalue weighted by Gasteiger charge is 2.11. The average Bonchev–Trinajstić information content (AvgIpc) is 2.72. The van der Waals surface area contributed by atoms with Crippen molar-refractivity contribution in [1.82, 2.24) is 14.5 Å². The molecule has 2 aromatic heterocycles. The molecule has 0 aromatic carbocycles. The van der Waals surface area contributed by atoms with E-state index in [0.717, 1.165) is 0 Å². The fraction of sp³-hybridized carbons (Fsp3) is 0.417. The predicted molar refractivity (Wildman–Crippen MR) is 76.6 cm³/mol. The van der Waals surface area contributed by atoms with Gasteiger partial charge in [-0.25, -0.2) is 9.97 Å². The molecule has 0 fully saturated rings. The van der Waals surface area contributed by atoms with Crippen LogP contribution in [-0.2, 0) is 7.05 Å². The van der Waals surface area contributed by atoms with Crippen molar-refractivity contribution in [3.63, 3.8) is 0 Å². The number of aryl methyl sites for hydroxylation is 1. The maximum Gasteiger partial charge on any atom is 0.185 e. The summed E-state index contributed by atoms with van der Waals surface area (Å²) in [6.45, 7) is 8.00. The fourth-order valence-corrected chi connectivity index (χ4v) is 1.70. The number of hydrogen-bond acceptors (Lipinski definition) is 3. The number of hydrogen-bond donors (Lipinski definition) is 0. The summed E-state index contributed by atoms with van der Waals surface area (Å²) >= 11 is 11.5. The van der Waals surface area contributed by atoms with E-state index in [2.05, 4.69) is 9.97 Å². The number of nitrogens with zero attached hydrogens (tertiary/aromatic N) is 3. The molecule has 0 aliphatic carbocycles. The zero-order chi connectivity index (χ0) is 14.3. The molecular formula is C12H17Cl2N3O. The van der Waals surface area contributed by atoms with Gasteiger partial charge in [-0.05, 0) is 0 Å². The van der Waals surface area contributed by atoms with Gasteiger partial charge in [0.1, 0.15) is 10.7 Å². The van der Waals surface area contributed by atoms with E-state index >= 15 is 0 Å². The molecule has 100 valence electrons. The molecule has 18 heavy (non-hydrogen) atoms. The molecule has 0 N–H and O–H groups in total. The predicted octanol–water partition coefficient (Wildman–Crippen LogP) is 4.14. The van der Waals surface area contributed by atoms with Crippen LogP contribution in [-0.4, -0.2) is 20.8 Å². The van der Waals surface area contributed by atoms with Gasteiger partial charge in [-0.1, -0.05) is 50.9 Å². The van der Waals surface area contributed by atoms with Crippen molar-refractivity contribution in [1.29, 1.82) is 0 Å². The van der Waals surface area contributed by atoms with Crippen LogP contribution in [0.5, 0.6) is 0 Å². The SMILES string of the molecule is CC.CC.Cn1c(C=O)nc2c(Cl)nc(Cl)cc21. The van der Waals surface area contributed by atoms with Crippen molar-refractivity contribution in [2.24, 2.45) is 7.05 Å². The lowest BCUT2D eigenvalue weighted by atomic mass is 10.4. The largest absolute Gasteiger partial charge is 0.325 e. The summed E-state index contributed by atoms with van der Waals surface area (Å²) in [5.74, 6) is 0.297. The second kappa shape index (κ2) is 8.06. The van der Waals surface area contributed by atoms with Gasteiger partial charge >= 0.3 is 0 Å². The number of pyridine rings is 1. The number of carbonyl (C=O) groups is 1. The van der Waals surface area contributed by atoms with Gasteiger partial charge in [-0.2, -0.15) is 0 Å². The molecule has 0 amide bonds. The molecule has 0 atom stereocenters. The van der Waals surface area contributed by atoms with E-state index in [0.29, 0.717) is 23.1 Å². The van der Waals surface area contributed by atoms with Crippen molar-refractivity contribution in [3.8, 4) is 0 Å². The molecule has 0 aliphatic heterocycles. The van der Waals surface area contributed by atoms with Crippen LogP contribution < -0.4 is 0 Å². The van der Waals surface area contributed by atoms with E-state index in [9.17, 15) is 4.79 Å². The number of rotatable bonds is 1. The Morgan fingerprint density at radius 2 is 1.72 bits per heavy atom. The molecule has 4 nitrogen and oxygen atoms in total. The Morgan fingerprint density at radius 3 is 2.22 bits per heavy atom. The highest BCUT2D eigenvalue weighted by molar-refractivity contribution is 6.36. The first-order chi connectivity index (χ1) is 8.63. The van der Waals surface area contributed by atoms with E-state index in [1.54, 1.807) is 17.7 Å². The van der Waals surface area contributed by atoms with Gasteiger partial charge in [0, 0.05) is 13.1 Å². The fourth-order valence-electron chi connectivity index (χ4n) is 1.24. The third kappa shape index (κ3) is 3.43. The van der Waals surface area contributed by atoms with Crippen LogP contribution in [0.25, 0.3) is 11.0 Å². The van der Waals surface area contributed by atoms with E-state index in [4.69, 9.17) is 23.2 Å². The lowest BCUT2D eigenvalue weighted by Gasteiger charge is -1.96. The molecule has 0 aliphatic rings. The van der Waals surface area contributed by atoms with E-state index in [1.807, 2.05) is 27.7 Å². The first-order valence-electron chi connectivity index (χ1n) is 5.77. The van der Waals surface area contributed by atoms with Crippen LogP contribution in [0.2, 0.25) is 10.3 Å². The quantitative estimate of drug-likeness (QED) is 0.585. The lowest BCUT2D eigenvalue weighted by molar-refractivity contribution is 0.111. The lowest BCUT2D eigenvalue weighted by Crippen LogP contribution is -1.94. The van der Waals surface area contributed by atoms with Crippen molar-refractivity contribution >= 4 is 40.5 Å². The zero-order valence-corrected chi connectivity index (χ0v) is 12.7. The summed E-state index contributed by atoms with van der Waals surface area (Å²) < 4.78 is 1.61. The summed E-state index contributed by atoms with van der Waals surface area (Å²) in [4.78, 5) is 18.5. The summed E-state index contributed by atoms with van der Waals surface area (Å²) in [6.07, 6.45) is 0.657. The Labute approximate surface area is 117 Å². The van der Waals surface area contributed by atoms with Gasteiger partial charge < -0.3 is 4.57 Å². The second-order valence-corrected chi connectivity index (χ2v) is 3.50. The Morgan fingerprint density at radius 1 is 1.17 bits per heavy atom. The van der Waals surface area contributed by atoms with Crippen LogP contribution in [0.3, 0.4) is 0 Å². The zero-order valence-electron chi connectivity index (χ0n) is 11.2. The van der Waals surface area contributed by atoms with E-state index < -0.39 is 0 Å². The average molecular weight is 290 g/mol. The van der Waals surface area contributed by atoms with Crippen LogP contribution in [0.15, 0.2) is 6.07 Å². The minimum absolute atomic E-state index is 0.205. The van der Waals surface area contributed by atoms with Gasteiger partial charge in [0.25, 0.3) is 0 Å². The monoisotopic (exact) mass is 289 g/mol. The molecule has 0 radical (unpaired) electrons. The van der Waals surface area contributed by atoms with Gasteiger partial charge in [0.15, 0.2) is 17.3 Å². The highest BCUT2D eigenvalue weighted by Crippen LogP contribution is 2.23. The molecule has 0 unspecified atom stereocenters. The summed E-state index contributed by atoms with van der Waals surface area (Å²) in [6, 6.07) is 1.61. The minimum atomic E-state index is 0.205. The van der Waals surface area contributed by atoms with Gasteiger partial charge in [0.2, 0.25) is 0 Å². The third-order valence-corrected chi connectivity index (χ3v) is 2.39. The molecular weight excluding hydrogens is 273 g/mol. The molecule has 6 heteroatoms. The minimum Gasteiger partial charge on any atom is -0.325 e. The molecule has 0 spiro atoms. The molecule has 2 aromatic rings. The number of aldehydes is 1. The smallest absolute Gasteiger partial charge is 0.185 e. The van der Waals surface area contributed by atoms with Crippen molar-refractivity contribution in [3.05, 3.63) is 22.2 Å². The third-order valence-electron chi connectivity index (χ3n) is 1.94. The van der Waals surface area contributed by atoms with Crippen LogP contribution in [0, 0.1) is 0 Å². The number of fused-ring (bicyclic) bond motifs is 1. The summed E-state index contributed by atoms with van der Waals surface area (Å²) in [5, 5.41) is 0.485. The standard InChI is InChI=1S/C8H5Cl2N3O.2C2H6/c1-13-4-2-5(9)11-8(10)7(4)12-6(13)3-14;2*1-2/h2-3H,1H3;2*1-2H3. The summed E-state index contributed by atoms with van der Waals surface area (Å²) in [7, 11) is 1.71. The molecule has 0 bridgehead atoms. The maximum absolute atomic E-state index is 10.6. The van der Waals surface area contributed by atoms with Crippen molar-refractivity contribution in [2.45, 2.75) is 27.7 Å². The van der Waals surface area contributed by atoms with Crippen LogP contribution in [0.1, 0.15) is 38.3 Å². The van der Waals surface area contributed by atoms with E-state index in [1.165, 1.54) is 0 Å². The first kappa shape index (κ1) is 16.9. The van der Waals surface area contributed by atoms with Crippen molar-refractivity contribution in [2.75, 3.05) is 0 Å². The molecule has 0 saturated carbocycles. The number of halogens is 2. The molecule has 2 heterocycles. The normalized spacial score (nSPS) is 9.06. The van der Waals surface area contributed by atoms with Crippen LogP contribution in [0.4, 0.5) is 0 Å². The number of imidazole rings is 1. The number of carbonyl (C=O) groups excluding carboxylic acids is 1. The Balaban J connectivity index is 0.000000659. The Bertz CT molecular complexity index is 524. The molecule has 0 saturated heterocycles. The number of aromatic nitrogens is 3. The Hall–Kier alpha value is -1.13. The van der Waals surface area contributed by atoms with Crippen LogP contribution >= 0.6 is 23.2 Å². The van der Waals surface area contributed by atoms with Gasteiger partial charge in [-0.3, -0.25) is 4.79 Å². The Kier molecular flexibility index (Phi) is 7.55. The maximum atomic E-state index is 10.6. The topological polar surface area (TPSA) is 47.8 Å². The molecule has 2 rings (SSSR count). The highest BCUT2D eigenvalue weighted by atomic mass is 35.5. The van der Waals surface area contributed by atoms with Gasteiger partial charge in [0.05, 0.1) is 5.52 Å².